The Morgan fingerprint density at radius 2 is 1.67 bits per heavy atom. The maximum atomic E-state index is 11.1. The van der Waals surface area contributed by atoms with Gasteiger partial charge in [-0.2, -0.15) is 0 Å². The second-order valence-electron chi connectivity index (χ2n) is 4.97. The molecule has 0 aromatic carbocycles. The van der Waals surface area contributed by atoms with E-state index in [2.05, 4.69) is 0 Å². The lowest BCUT2D eigenvalue weighted by atomic mass is 9.82. The summed E-state index contributed by atoms with van der Waals surface area (Å²) in [6, 6.07) is 0. The lowest BCUT2D eigenvalue weighted by Crippen LogP contribution is -2.51. The number of esters is 2. The van der Waals surface area contributed by atoms with Crippen molar-refractivity contribution in [3.8, 4) is 0 Å². The van der Waals surface area contributed by atoms with Gasteiger partial charge < -0.3 is 14.2 Å². The lowest BCUT2D eigenvalue weighted by Gasteiger charge is -2.42. The first-order valence-corrected chi connectivity index (χ1v) is 6.29. The van der Waals surface area contributed by atoms with Gasteiger partial charge in [0.1, 0.15) is 12.7 Å². The van der Waals surface area contributed by atoms with Crippen LogP contribution in [0.15, 0.2) is 0 Å². The number of hydrogen-bond acceptors (Lipinski definition) is 5. The van der Waals surface area contributed by atoms with Crippen molar-refractivity contribution in [2.45, 2.75) is 52.9 Å². The van der Waals surface area contributed by atoms with Crippen LogP contribution in [0.3, 0.4) is 0 Å². The van der Waals surface area contributed by atoms with E-state index in [9.17, 15) is 9.59 Å². The largest absolute Gasteiger partial charge is 0.463 e. The minimum atomic E-state index is -0.312. The van der Waals surface area contributed by atoms with Crippen molar-refractivity contribution in [2.75, 3.05) is 6.61 Å². The van der Waals surface area contributed by atoms with E-state index in [-0.39, 0.29) is 48.7 Å². The van der Waals surface area contributed by atoms with Gasteiger partial charge in [-0.05, 0) is 12.8 Å². The van der Waals surface area contributed by atoms with Crippen molar-refractivity contribution in [2.24, 2.45) is 11.8 Å². The van der Waals surface area contributed by atoms with E-state index in [1.807, 2.05) is 20.8 Å². The fraction of sp³-hybridized carbons (Fsp3) is 0.846. The Kier molecular flexibility index (Phi) is 5.14. The summed E-state index contributed by atoms with van der Waals surface area (Å²) in [6.45, 7) is 8.94. The number of carbonyl (C=O) groups is 2. The van der Waals surface area contributed by atoms with Crippen LogP contribution in [0.4, 0.5) is 0 Å². The first kappa shape index (κ1) is 15.0. The second-order valence-corrected chi connectivity index (χ2v) is 4.97. The molecule has 1 rings (SSSR count). The van der Waals surface area contributed by atoms with Crippen LogP contribution in [0.25, 0.3) is 0 Å². The van der Waals surface area contributed by atoms with Gasteiger partial charge in [0.05, 0.1) is 12.2 Å². The molecule has 5 heteroatoms. The third-order valence-electron chi connectivity index (χ3n) is 3.54. The highest BCUT2D eigenvalue weighted by Gasteiger charge is 2.41. The topological polar surface area (TPSA) is 61.8 Å². The van der Waals surface area contributed by atoms with Crippen LogP contribution in [0.2, 0.25) is 0 Å². The van der Waals surface area contributed by atoms with Crippen molar-refractivity contribution >= 4 is 11.9 Å². The molecule has 1 saturated heterocycles. The van der Waals surface area contributed by atoms with Crippen molar-refractivity contribution in [1.29, 1.82) is 0 Å². The molecule has 1 heterocycles. The maximum Gasteiger partial charge on any atom is 0.303 e. The molecule has 5 atom stereocenters. The molecule has 1 aliphatic rings. The number of rotatable bonds is 3. The van der Waals surface area contributed by atoms with Gasteiger partial charge in [-0.1, -0.05) is 13.8 Å². The molecule has 5 nitrogen and oxygen atoms in total. The molecule has 1 aliphatic heterocycles. The first-order valence-electron chi connectivity index (χ1n) is 6.29. The number of hydrogen-bond donors (Lipinski definition) is 0. The Balaban J connectivity index is 2.64. The molecule has 2 unspecified atom stereocenters. The minimum Gasteiger partial charge on any atom is -0.463 e. The van der Waals surface area contributed by atoms with Crippen LogP contribution in [0, 0.1) is 11.8 Å². The summed E-state index contributed by atoms with van der Waals surface area (Å²) in [7, 11) is 0. The van der Waals surface area contributed by atoms with Crippen LogP contribution in [0.1, 0.15) is 34.6 Å². The average molecular weight is 258 g/mol. The standard InChI is InChI=1S/C13H22O5/c1-7-8(2)13(18-11(5)15)9(3)17-12(7)6-16-10(4)14/h7-9,12-13H,6H2,1-5H3/t7-,8-,9-,12?,13?/m0/s1. The van der Waals surface area contributed by atoms with Crippen LogP contribution < -0.4 is 0 Å². The molecule has 0 aromatic heterocycles. The summed E-state index contributed by atoms with van der Waals surface area (Å²) in [5.41, 5.74) is 0. The quantitative estimate of drug-likeness (QED) is 0.719. The second kappa shape index (κ2) is 6.18. The highest BCUT2D eigenvalue weighted by molar-refractivity contribution is 5.66. The summed E-state index contributed by atoms with van der Waals surface area (Å²) >= 11 is 0. The van der Waals surface area contributed by atoms with E-state index in [0.717, 1.165) is 0 Å². The molecule has 0 spiro atoms. The molecule has 18 heavy (non-hydrogen) atoms. The van der Waals surface area contributed by atoms with Gasteiger partial charge in [0.25, 0.3) is 0 Å². The van der Waals surface area contributed by atoms with Gasteiger partial charge in [-0.3, -0.25) is 9.59 Å². The monoisotopic (exact) mass is 258 g/mol. The number of carbonyl (C=O) groups excluding carboxylic acids is 2. The molecule has 104 valence electrons. The molecule has 0 radical (unpaired) electrons. The Bertz CT molecular complexity index is 313. The molecule has 0 amide bonds. The predicted molar refractivity (Wildman–Crippen MR) is 64.9 cm³/mol. The van der Waals surface area contributed by atoms with Crippen molar-refractivity contribution < 1.29 is 23.8 Å². The zero-order chi connectivity index (χ0) is 13.9. The van der Waals surface area contributed by atoms with Crippen molar-refractivity contribution in [3.05, 3.63) is 0 Å². The molecule has 0 bridgehead atoms. The fourth-order valence-corrected chi connectivity index (χ4v) is 2.33. The molecule has 0 N–H and O–H groups in total. The smallest absolute Gasteiger partial charge is 0.303 e. The highest BCUT2D eigenvalue weighted by atomic mass is 16.6. The molecule has 0 saturated carbocycles. The van der Waals surface area contributed by atoms with E-state index in [4.69, 9.17) is 14.2 Å². The van der Waals surface area contributed by atoms with Gasteiger partial charge in [-0.25, -0.2) is 0 Å². The minimum absolute atomic E-state index is 0.147. The summed E-state index contributed by atoms with van der Waals surface area (Å²) in [5, 5.41) is 0. The van der Waals surface area contributed by atoms with Crippen LogP contribution >= 0.6 is 0 Å². The average Bonchev–Trinajstić information content (AvgIpc) is 2.27. The Morgan fingerprint density at radius 3 is 2.17 bits per heavy atom. The van der Waals surface area contributed by atoms with Crippen molar-refractivity contribution in [1.82, 2.24) is 0 Å². The summed E-state index contributed by atoms with van der Waals surface area (Å²) in [4.78, 5) is 21.9. The zero-order valence-corrected chi connectivity index (χ0v) is 11.6. The summed E-state index contributed by atoms with van der Waals surface area (Å²) in [5.74, 6) is -0.288. The first-order chi connectivity index (χ1) is 8.32. The van der Waals surface area contributed by atoms with Crippen LogP contribution in [-0.4, -0.2) is 36.9 Å². The normalized spacial score (nSPS) is 35.9. The lowest BCUT2D eigenvalue weighted by molar-refractivity contribution is -0.199. The fourth-order valence-electron chi connectivity index (χ4n) is 2.33. The maximum absolute atomic E-state index is 11.1. The van der Waals surface area contributed by atoms with E-state index < -0.39 is 0 Å². The zero-order valence-electron chi connectivity index (χ0n) is 11.6. The Hall–Kier alpha value is -1.10. The van der Waals surface area contributed by atoms with Gasteiger partial charge >= 0.3 is 11.9 Å². The van der Waals surface area contributed by atoms with Gasteiger partial charge in [0.15, 0.2) is 0 Å². The highest BCUT2D eigenvalue weighted by Crippen LogP contribution is 2.32. The molecule has 0 aromatic rings. The van der Waals surface area contributed by atoms with Gasteiger partial charge in [-0.15, -0.1) is 0 Å². The molecule has 1 fully saturated rings. The third kappa shape index (κ3) is 3.70. The van der Waals surface area contributed by atoms with E-state index in [0.29, 0.717) is 0 Å². The van der Waals surface area contributed by atoms with Crippen molar-refractivity contribution in [3.63, 3.8) is 0 Å². The third-order valence-corrected chi connectivity index (χ3v) is 3.54. The Labute approximate surface area is 108 Å². The van der Waals surface area contributed by atoms with E-state index in [1.54, 1.807) is 0 Å². The molecule has 0 aliphatic carbocycles. The molecular formula is C13H22O5. The SMILES string of the molecule is CC(=O)OCC1O[C@@H](C)C(OC(C)=O)[C@@H](C)[C@@H]1C. The molecular weight excluding hydrogens is 236 g/mol. The summed E-state index contributed by atoms with van der Waals surface area (Å²) < 4.78 is 16.1. The van der Waals surface area contributed by atoms with Crippen LogP contribution in [0.5, 0.6) is 0 Å². The Morgan fingerprint density at radius 1 is 1.06 bits per heavy atom. The predicted octanol–water partition coefficient (Wildman–Crippen LogP) is 1.54. The van der Waals surface area contributed by atoms with E-state index in [1.165, 1.54) is 13.8 Å². The number of ether oxygens (including phenoxy) is 3. The van der Waals surface area contributed by atoms with Gasteiger partial charge in [0.2, 0.25) is 0 Å². The van der Waals surface area contributed by atoms with E-state index >= 15 is 0 Å². The van der Waals surface area contributed by atoms with Crippen LogP contribution in [-0.2, 0) is 23.8 Å². The van der Waals surface area contributed by atoms with Gasteiger partial charge in [0, 0.05) is 19.8 Å². The summed E-state index contributed by atoms with van der Waals surface area (Å²) in [6.07, 6.45) is -0.586.